The molecule has 26 heavy (non-hydrogen) atoms. The van der Waals surface area contributed by atoms with Gasteiger partial charge in [0, 0.05) is 0 Å². The van der Waals surface area contributed by atoms with E-state index in [9.17, 15) is 19.2 Å². The van der Waals surface area contributed by atoms with Crippen LogP contribution in [-0.2, 0) is 0 Å². The van der Waals surface area contributed by atoms with Crippen LogP contribution in [0.5, 0.6) is 0 Å². The smallest absolute Gasteiger partial charge is 0.394 e. The maximum absolute atomic E-state index is 11.7. The van der Waals surface area contributed by atoms with Gasteiger partial charge in [0.05, 0.1) is 10.8 Å². The van der Waals surface area contributed by atoms with E-state index >= 15 is 0 Å². The third kappa shape index (κ3) is 2.65. The summed E-state index contributed by atoms with van der Waals surface area (Å²) in [5, 5.41) is 0.0211. The lowest BCUT2D eigenvalue weighted by atomic mass is 10.1. The summed E-state index contributed by atoms with van der Waals surface area (Å²) in [6.07, 6.45) is 0. The molecule has 0 saturated heterocycles. The van der Waals surface area contributed by atoms with Gasteiger partial charge in [-0.25, -0.2) is 19.2 Å². The molecule has 130 valence electrons. The van der Waals surface area contributed by atoms with Crippen molar-refractivity contribution in [2.75, 3.05) is 0 Å². The molecule has 0 atom stereocenters. The first kappa shape index (κ1) is 15.4. The lowest BCUT2D eigenvalue weighted by Gasteiger charge is -1.98. The molecule has 2 aromatic carbocycles. The van der Waals surface area contributed by atoms with Crippen LogP contribution in [0.2, 0.25) is 0 Å². The highest BCUT2D eigenvalue weighted by Gasteiger charge is 2.11. The molecule has 4 rings (SSSR count). The fourth-order valence-corrected chi connectivity index (χ4v) is 2.43. The average Bonchev–Trinajstić information content (AvgIpc) is 2.63. The van der Waals surface area contributed by atoms with Gasteiger partial charge in [-0.05, 0) is 24.3 Å². The monoisotopic (exact) mass is 358 g/mol. The van der Waals surface area contributed by atoms with Crippen LogP contribution < -0.4 is 23.3 Å². The summed E-state index contributed by atoms with van der Waals surface area (Å²) in [5.41, 5.74) is -0.536. The zero-order chi connectivity index (χ0) is 18.3. The molecule has 0 bridgehead atoms. The van der Waals surface area contributed by atoms with Gasteiger partial charge in [-0.3, -0.25) is 0 Å². The Kier molecular flexibility index (Phi) is 3.43. The Morgan fingerprint density at radius 3 is 0.962 bits per heavy atom. The summed E-state index contributed by atoms with van der Waals surface area (Å²) in [5.74, 6) is -5.45. The Balaban J connectivity index is 2.62. The molecule has 10 heteroatoms. The predicted octanol–water partition coefficient (Wildman–Crippen LogP) is 1.83. The van der Waals surface area contributed by atoms with Crippen molar-refractivity contribution in [2.24, 2.45) is 0 Å². The maximum Gasteiger partial charge on any atom is 0.524 e. The number of hydrogen-bond donors (Lipinski definition) is 0. The second-order valence-corrected chi connectivity index (χ2v) is 4.87. The van der Waals surface area contributed by atoms with Gasteiger partial charge >= 0.3 is 23.3 Å². The Morgan fingerprint density at radius 1 is 0.423 bits per heavy atom. The molecule has 0 spiro atoms. The molecule has 0 aliphatic rings. The van der Waals surface area contributed by atoms with E-state index in [1.54, 1.807) is 0 Å². The summed E-state index contributed by atoms with van der Waals surface area (Å²) in [7, 11) is 0. The second kappa shape index (κ2) is 5.77. The molecule has 2 aromatic heterocycles. The van der Waals surface area contributed by atoms with Gasteiger partial charge in [0.2, 0.25) is 0 Å². The van der Waals surface area contributed by atoms with Crippen LogP contribution in [0.25, 0.3) is 33.1 Å². The van der Waals surface area contributed by atoms with Crippen LogP contribution in [-0.4, -0.2) is 0 Å². The Hall–Kier alpha value is -4.08. The van der Waals surface area contributed by atoms with E-state index in [0.29, 0.717) is 0 Å². The maximum atomic E-state index is 11.7. The highest BCUT2D eigenvalue weighted by molar-refractivity contribution is 6.15. The van der Waals surface area contributed by atoms with Crippen LogP contribution in [0, 0.1) is 0 Å². The molecule has 0 amide bonds. The first-order valence-electron chi connectivity index (χ1n) is 7.00. The standard InChI is InChI=1S/C16H6O10/c17-13-21-7-3-1-4-8-11(7)12-9(23-15(19)25-13)5-2-6-10(12)24-16(20)26-14(18)22-8/h1-6H. The normalized spacial score (nSPS) is 10.9. The zero-order valence-electron chi connectivity index (χ0n) is 12.5. The zero-order valence-corrected chi connectivity index (χ0v) is 12.5. The fraction of sp³-hybridized carbons (Fsp3) is 0. The van der Waals surface area contributed by atoms with Crippen LogP contribution in [0.15, 0.2) is 82.1 Å². The van der Waals surface area contributed by atoms with Crippen molar-refractivity contribution in [3.05, 3.63) is 78.9 Å². The largest absolute Gasteiger partial charge is 0.524 e. The van der Waals surface area contributed by atoms with Crippen molar-refractivity contribution in [1.29, 1.82) is 0 Å². The second-order valence-electron chi connectivity index (χ2n) is 4.87. The van der Waals surface area contributed by atoms with E-state index in [-0.39, 0.29) is 33.1 Å². The molecular formula is C16H6O10. The van der Waals surface area contributed by atoms with Gasteiger partial charge in [-0.1, -0.05) is 12.1 Å². The van der Waals surface area contributed by atoms with Crippen molar-refractivity contribution >= 4 is 33.1 Å². The Morgan fingerprint density at radius 2 is 0.692 bits per heavy atom. The van der Waals surface area contributed by atoms with Gasteiger partial charge in [0.1, 0.15) is 22.3 Å². The molecule has 0 saturated carbocycles. The minimum atomic E-state index is -1.36. The number of benzene rings is 2. The summed E-state index contributed by atoms with van der Waals surface area (Å²) < 4.78 is 28.6. The van der Waals surface area contributed by atoms with E-state index in [2.05, 4.69) is 8.83 Å². The fourth-order valence-electron chi connectivity index (χ4n) is 2.43. The van der Waals surface area contributed by atoms with Crippen molar-refractivity contribution in [3.8, 4) is 0 Å². The van der Waals surface area contributed by atoms with Crippen molar-refractivity contribution in [2.45, 2.75) is 0 Å². The van der Waals surface area contributed by atoms with Crippen LogP contribution in [0.4, 0.5) is 0 Å². The minimum Gasteiger partial charge on any atom is -0.394 e. The molecule has 10 nitrogen and oxygen atoms in total. The van der Waals surface area contributed by atoms with Crippen LogP contribution in [0.1, 0.15) is 0 Å². The molecule has 0 N–H and O–H groups in total. The third-order valence-corrected chi connectivity index (χ3v) is 3.33. The molecule has 0 unspecified atom stereocenters. The molecule has 0 fully saturated rings. The lowest BCUT2D eigenvalue weighted by molar-refractivity contribution is 0.267. The predicted molar refractivity (Wildman–Crippen MR) is 84.1 cm³/mol. The van der Waals surface area contributed by atoms with Gasteiger partial charge in [-0.2, -0.15) is 0 Å². The van der Waals surface area contributed by atoms with Gasteiger partial charge in [-0.15, -0.1) is 0 Å². The van der Waals surface area contributed by atoms with E-state index in [1.807, 2.05) is 0 Å². The van der Waals surface area contributed by atoms with Gasteiger partial charge in [0.25, 0.3) is 0 Å². The van der Waals surface area contributed by atoms with E-state index in [4.69, 9.17) is 17.7 Å². The molecular weight excluding hydrogens is 352 g/mol. The summed E-state index contributed by atoms with van der Waals surface area (Å²) in [6, 6.07) is 8.21. The molecule has 0 aliphatic heterocycles. The van der Waals surface area contributed by atoms with E-state index in [1.165, 1.54) is 36.4 Å². The first-order valence-corrected chi connectivity index (χ1v) is 7.00. The third-order valence-electron chi connectivity index (χ3n) is 3.33. The van der Waals surface area contributed by atoms with Gasteiger partial charge < -0.3 is 26.5 Å². The van der Waals surface area contributed by atoms with Crippen molar-refractivity contribution < 1.29 is 26.5 Å². The topological polar surface area (TPSA) is 147 Å². The van der Waals surface area contributed by atoms with Gasteiger partial charge in [0.15, 0.2) is 0 Å². The highest BCUT2D eigenvalue weighted by atomic mass is 16.6. The Bertz CT molecular complexity index is 1250. The summed E-state index contributed by atoms with van der Waals surface area (Å²) in [6.45, 7) is 0. The summed E-state index contributed by atoms with van der Waals surface area (Å²) >= 11 is 0. The van der Waals surface area contributed by atoms with E-state index in [0.717, 1.165) is 0 Å². The molecule has 0 radical (unpaired) electrons. The van der Waals surface area contributed by atoms with Crippen molar-refractivity contribution in [1.82, 2.24) is 0 Å². The van der Waals surface area contributed by atoms with Crippen LogP contribution in [0.3, 0.4) is 0 Å². The molecule has 4 aromatic rings. The lowest BCUT2D eigenvalue weighted by Crippen LogP contribution is -2.03. The van der Waals surface area contributed by atoms with Crippen LogP contribution >= 0.6 is 0 Å². The number of rotatable bonds is 0. The Labute approximate surface area is 139 Å². The molecule has 2 heterocycles. The first-order chi connectivity index (χ1) is 12.5. The molecule has 0 aliphatic carbocycles. The quantitative estimate of drug-likeness (QED) is 0.456. The highest BCUT2D eigenvalue weighted by Crippen LogP contribution is 2.28. The number of hydrogen-bond acceptors (Lipinski definition) is 10. The SMILES string of the molecule is O=c1oc(=O)oc2cccc3oc(=O)oc(=O)oc4cccc(o1)c4c23. The summed E-state index contributed by atoms with van der Waals surface area (Å²) in [4.78, 5) is 46.8. The minimum absolute atomic E-state index is 0.0106. The average molecular weight is 358 g/mol. The van der Waals surface area contributed by atoms with Crippen molar-refractivity contribution in [3.63, 3.8) is 0 Å². The van der Waals surface area contributed by atoms with E-state index < -0.39 is 23.3 Å².